The van der Waals surface area contributed by atoms with Crippen LogP contribution in [-0.2, 0) is 9.53 Å². The minimum atomic E-state index is -0.706. The van der Waals surface area contributed by atoms with Crippen LogP contribution in [0.5, 0.6) is 5.75 Å². The molecule has 0 bridgehead atoms. The van der Waals surface area contributed by atoms with Crippen molar-refractivity contribution in [2.24, 2.45) is 5.10 Å². The van der Waals surface area contributed by atoms with Crippen LogP contribution in [0.2, 0.25) is 0 Å². The van der Waals surface area contributed by atoms with Crippen LogP contribution in [0.15, 0.2) is 59.7 Å². The van der Waals surface area contributed by atoms with Gasteiger partial charge in [-0.3, -0.25) is 14.9 Å². The lowest BCUT2D eigenvalue weighted by molar-refractivity contribution is -0.384. The number of carbonyl (C=O) groups is 1. The number of hydrogen-bond donors (Lipinski definition) is 0. The molecule has 0 spiro atoms. The largest absolute Gasteiger partial charge is 0.488 e. The van der Waals surface area contributed by atoms with Gasteiger partial charge in [-0.2, -0.15) is 5.01 Å². The van der Waals surface area contributed by atoms with Gasteiger partial charge in [-0.1, -0.05) is 18.2 Å². The number of rotatable bonds is 5. The summed E-state index contributed by atoms with van der Waals surface area (Å²) in [5.41, 5.74) is 0.508. The highest BCUT2D eigenvalue weighted by molar-refractivity contribution is 5.96. The van der Waals surface area contributed by atoms with Gasteiger partial charge in [-0.15, -0.1) is 5.10 Å². The molecule has 0 N–H and O–H groups in total. The standard InChI is InChI=1S/C17H15N3O5/c1-12(21)19-16(11-24-15-5-3-2-4-6-15)25-17(18-19)13-7-9-14(10-8-13)20(22)23/h2-10,16H,11H2,1H3/t16-/m1/s1. The predicted molar refractivity (Wildman–Crippen MR) is 89.0 cm³/mol. The molecule has 2 aromatic carbocycles. The van der Waals surface area contributed by atoms with E-state index in [4.69, 9.17) is 9.47 Å². The molecule has 0 saturated carbocycles. The van der Waals surface area contributed by atoms with Crippen molar-refractivity contribution in [1.82, 2.24) is 5.01 Å². The zero-order valence-electron chi connectivity index (χ0n) is 13.4. The van der Waals surface area contributed by atoms with E-state index < -0.39 is 11.2 Å². The molecule has 0 saturated heterocycles. The number of nitrogens with zero attached hydrogens (tertiary/aromatic N) is 3. The molecule has 2 aromatic rings. The Morgan fingerprint density at radius 3 is 2.52 bits per heavy atom. The van der Waals surface area contributed by atoms with Gasteiger partial charge in [-0.25, -0.2) is 0 Å². The van der Waals surface area contributed by atoms with Crippen molar-refractivity contribution in [2.75, 3.05) is 6.61 Å². The van der Waals surface area contributed by atoms with Gasteiger partial charge in [0.25, 0.3) is 5.69 Å². The molecule has 3 rings (SSSR count). The number of hydrazone groups is 1. The molecule has 1 aliphatic rings. The van der Waals surface area contributed by atoms with E-state index in [9.17, 15) is 14.9 Å². The van der Waals surface area contributed by atoms with Crippen molar-refractivity contribution >= 4 is 17.5 Å². The highest BCUT2D eigenvalue weighted by atomic mass is 16.6. The maximum Gasteiger partial charge on any atom is 0.269 e. The van der Waals surface area contributed by atoms with Gasteiger partial charge >= 0.3 is 0 Å². The molecule has 128 valence electrons. The van der Waals surface area contributed by atoms with Crippen LogP contribution in [0, 0.1) is 10.1 Å². The summed E-state index contributed by atoms with van der Waals surface area (Å²) in [5.74, 6) is 0.573. The van der Waals surface area contributed by atoms with E-state index in [0.717, 1.165) is 0 Å². The van der Waals surface area contributed by atoms with E-state index in [-0.39, 0.29) is 24.1 Å². The zero-order chi connectivity index (χ0) is 17.8. The van der Waals surface area contributed by atoms with Gasteiger partial charge in [0.1, 0.15) is 12.4 Å². The van der Waals surface area contributed by atoms with Crippen molar-refractivity contribution in [3.8, 4) is 5.75 Å². The van der Waals surface area contributed by atoms with Gasteiger partial charge in [0.15, 0.2) is 0 Å². The van der Waals surface area contributed by atoms with E-state index in [1.54, 1.807) is 12.1 Å². The quantitative estimate of drug-likeness (QED) is 0.615. The molecular formula is C17H15N3O5. The Hall–Kier alpha value is -3.42. The summed E-state index contributed by atoms with van der Waals surface area (Å²) in [4.78, 5) is 22.0. The summed E-state index contributed by atoms with van der Waals surface area (Å²) in [7, 11) is 0. The van der Waals surface area contributed by atoms with Crippen LogP contribution in [0.4, 0.5) is 5.69 Å². The summed E-state index contributed by atoms with van der Waals surface area (Å²) in [6.07, 6.45) is -0.706. The number of nitro groups is 1. The Morgan fingerprint density at radius 2 is 1.92 bits per heavy atom. The van der Waals surface area contributed by atoms with E-state index in [2.05, 4.69) is 5.10 Å². The first kappa shape index (κ1) is 16.4. The highest BCUT2D eigenvalue weighted by Crippen LogP contribution is 2.21. The molecule has 8 nitrogen and oxygen atoms in total. The number of non-ortho nitro benzene ring substituents is 1. The summed E-state index contributed by atoms with van der Waals surface area (Å²) in [6, 6.07) is 14.9. The number of nitro benzene ring substituents is 1. The smallest absolute Gasteiger partial charge is 0.269 e. The first-order valence-electron chi connectivity index (χ1n) is 7.52. The predicted octanol–water partition coefficient (Wildman–Crippen LogP) is 2.54. The molecule has 0 aliphatic carbocycles. The van der Waals surface area contributed by atoms with E-state index in [1.165, 1.54) is 36.2 Å². The number of benzene rings is 2. The van der Waals surface area contributed by atoms with Crippen molar-refractivity contribution in [2.45, 2.75) is 13.2 Å². The molecule has 0 unspecified atom stereocenters. The van der Waals surface area contributed by atoms with Crippen LogP contribution in [0.25, 0.3) is 0 Å². The molecule has 1 amide bonds. The Labute approximate surface area is 143 Å². The minimum absolute atomic E-state index is 0.0327. The van der Waals surface area contributed by atoms with Gasteiger partial charge in [-0.05, 0) is 24.3 Å². The summed E-state index contributed by atoms with van der Waals surface area (Å²) in [5, 5.41) is 16.1. The minimum Gasteiger partial charge on any atom is -0.488 e. The van der Waals surface area contributed by atoms with Crippen LogP contribution < -0.4 is 4.74 Å². The second kappa shape index (κ2) is 7.00. The topological polar surface area (TPSA) is 94.3 Å². The summed E-state index contributed by atoms with van der Waals surface area (Å²) in [6.45, 7) is 1.48. The van der Waals surface area contributed by atoms with Crippen LogP contribution in [0.3, 0.4) is 0 Å². The lowest BCUT2D eigenvalue weighted by Crippen LogP contribution is -2.36. The van der Waals surface area contributed by atoms with Gasteiger partial charge in [0.05, 0.1) is 4.92 Å². The van der Waals surface area contributed by atoms with E-state index in [0.29, 0.717) is 11.3 Å². The second-order valence-corrected chi connectivity index (χ2v) is 5.27. The fourth-order valence-corrected chi connectivity index (χ4v) is 2.28. The molecule has 8 heteroatoms. The first-order chi connectivity index (χ1) is 12.0. The van der Waals surface area contributed by atoms with E-state index in [1.807, 2.05) is 18.2 Å². The van der Waals surface area contributed by atoms with Crippen molar-refractivity contribution in [3.05, 3.63) is 70.3 Å². The number of carbonyl (C=O) groups excluding carboxylic acids is 1. The Balaban J connectivity index is 1.73. The molecular weight excluding hydrogens is 326 g/mol. The number of para-hydroxylation sites is 1. The lowest BCUT2D eigenvalue weighted by atomic mass is 10.2. The Kier molecular flexibility index (Phi) is 4.60. The van der Waals surface area contributed by atoms with Gasteiger partial charge in [0.2, 0.25) is 18.0 Å². The monoisotopic (exact) mass is 341 g/mol. The van der Waals surface area contributed by atoms with Crippen LogP contribution >= 0.6 is 0 Å². The average Bonchev–Trinajstić information content (AvgIpc) is 3.05. The number of amides is 1. The molecule has 0 fully saturated rings. The number of hydrogen-bond acceptors (Lipinski definition) is 6. The molecule has 0 aromatic heterocycles. The van der Waals surface area contributed by atoms with Crippen molar-refractivity contribution in [3.63, 3.8) is 0 Å². The first-order valence-corrected chi connectivity index (χ1v) is 7.52. The zero-order valence-corrected chi connectivity index (χ0v) is 13.4. The molecule has 0 radical (unpaired) electrons. The van der Waals surface area contributed by atoms with Crippen LogP contribution in [0.1, 0.15) is 12.5 Å². The SMILES string of the molecule is CC(=O)N1N=C(c2ccc([N+](=O)[O-])cc2)O[C@@H]1COc1ccccc1. The molecule has 1 heterocycles. The summed E-state index contributed by atoms with van der Waals surface area (Å²) >= 11 is 0. The maximum absolute atomic E-state index is 11.8. The number of ether oxygens (including phenoxy) is 2. The van der Waals surface area contributed by atoms with Crippen molar-refractivity contribution < 1.29 is 19.2 Å². The third kappa shape index (κ3) is 3.74. The second-order valence-electron chi connectivity index (χ2n) is 5.27. The fraction of sp³-hybridized carbons (Fsp3) is 0.176. The Bertz CT molecular complexity index is 805. The highest BCUT2D eigenvalue weighted by Gasteiger charge is 2.32. The normalized spacial score (nSPS) is 16.1. The lowest BCUT2D eigenvalue weighted by Gasteiger charge is -2.19. The molecule has 1 aliphatic heterocycles. The Morgan fingerprint density at radius 1 is 1.24 bits per heavy atom. The molecule has 1 atom stereocenters. The van der Waals surface area contributed by atoms with E-state index >= 15 is 0 Å². The third-order valence-electron chi connectivity index (χ3n) is 3.50. The average molecular weight is 341 g/mol. The maximum atomic E-state index is 11.8. The fourth-order valence-electron chi connectivity index (χ4n) is 2.28. The third-order valence-corrected chi connectivity index (χ3v) is 3.50. The van der Waals surface area contributed by atoms with Crippen LogP contribution in [-0.4, -0.2) is 34.6 Å². The van der Waals surface area contributed by atoms with Gasteiger partial charge in [0, 0.05) is 24.6 Å². The van der Waals surface area contributed by atoms with Crippen molar-refractivity contribution in [1.29, 1.82) is 0 Å². The van der Waals surface area contributed by atoms with Gasteiger partial charge < -0.3 is 9.47 Å². The summed E-state index contributed by atoms with van der Waals surface area (Å²) < 4.78 is 11.3. The molecule has 25 heavy (non-hydrogen) atoms.